The van der Waals surface area contributed by atoms with Crippen LogP contribution in [0.15, 0.2) is 0 Å². The van der Waals surface area contributed by atoms with E-state index in [9.17, 15) is 8.42 Å². The minimum Gasteiger partial charge on any atom is -0.388 e. The Balaban J connectivity index is 3.53. The van der Waals surface area contributed by atoms with E-state index < -0.39 is 10.0 Å². The van der Waals surface area contributed by atoms with Crippen molar-refractivity contribution in [3.63, 3.8) is 0 Å². The molecule has 0 aromatic carbocycles. The van der Waals surface area contributed by atoms with Crippen LogP contribution in [0.2, 0.25) is 0 Å². The molecule has 0 heterocycles. The summed E-state index contributed by atoms with van der Waals surface area (Å²) in [6.07, 6.45) is 3.60. The largest absolute Gasteiger partial charge is 0.388 e. The van der Waals surface area contributed by atoms with Crippen LogP contribution in [0.4, 0.5) is 0 Å². The van der Waals surface area contributed by atoms with Gasteiger partial charge in [0, 0.05) is 13.0 Å². The molecular weight excluding hydrogens is 214 g/mol. The molecule has 0 atom stereocenters. The van der Waals surface area contributed by atoms with Gasteiger partial charge in [0.2, 0.25) is 10.0 Å². The summed E-state index contributed by atoms with van der Waals surface area (Å²) >= 11 is 0. The summed E-state index contributed by atoms with van der Waals surface area (Å²) in [5.74, 6) is 0.361. The first-order valence-corrected chi connectivity index (χ1v) is 6.93. The van der Waals surface area contributed by atoms with Crippen molar-refractivity contribution in [1.82, 2.24) is 4.72 Å². The summed E-state index contributed by atoms with van der Waals surface area (Å²) in [5, 5.41) is 6.98. The van der Waals surface area contributed by atoms with Crippen LogP contribution >= 0.6 is 0 Å². The third-order valence-electron chi connectivity index (χ3n) is 1.96. The summed E-state index contributed by atoms with van der Waals surface area (Å²) in [6.45, 7) is 2.40. The van der Waals surface area contributed by atoms with Gasteiger partial charge in [0.15, 0.2) is 0 Å². The summed E-state index contributed by atoms with van der Waals surface area (Å²) in [7, 11) is -3.08. The summed E-state index contributed by atoms with van der Waals surface area (Å²) in [5.41, 5.74) is 5.17. The lowest BCUT2D eigenvalue weighted by atomic mass is 10.2. The molecule has 0 aliphatic rings. The van der Waals surface area contributed by atoms with Crippen LogP contribution in [0.3, 0.4) is 0 Å². The lowest BCUT2D eigenvalue weighted by Crippen LogP contribution is -2.27. The highest BCUT2D eigenvalue weighted by Gasteiger charge is 2.07. The Morgan fingerprint density at radius 2 is 2.00 bits per heavy atom. The molecule has 0 spiro atoms. The zero-order valence-electron chi connectivity index (χ0n) is 9.25. The molecule has 0 unspecified atom stereocenters. The van der Waals surface area contributed by atoms with E-state index in [0.29, 0.717) is 19.4 Å². The molecule has 0 aromatic heterocycles. The van der Waals surface area contributed by atoms with Crippen molar-refractivity contribution >= 4 is 15.9 Å². The highest BCUT2D eigenvalue weighted by molar-refractivity contribution is 7.89. The summed E-state index contributed by atoms with van der Waals surface area (Å²) in [6, 6.07) is 0. The van der Waals surface area contributed by atoms with Crippen molar-refractivity contribution in [2.45, 2.75) is 39.0 Å². The van der Waals surface area contributed by atoms with E-state index in [2.05, 4.69) is 4.72 Å². The van der Waals surface area contributed by atoms with Crippen LogP contribution < -0.4 is 10.5 Å². The van der Waals surface area contributed by atoms with E-state index in [0.717, 1.165) is 19.3 Å². The molecule has 0 saturated heterocycles. The Kier molecular flexibility index (Phi) is 7.33. The van der Waals surface area contributed by atoms with Gasteiger partial charge in [-0.05, 0) is 19.3 Å². The average molecular weight is 235 g/mol. The summed E-state index contributed by atoms with van der Waals surface area (Å²) in [4.78, 5) is 0. The quantitative estimate of drug-likeness (QED) is 0.313. The van der Waals surface area contributed by atoms with Crippen molar-refractivity contribution in [3.8, 4) is 0 Å². The smallest absolute Gasteiger partial charge is 0.211 e. The molecule has 0 aliphatic carbocycles. The Morgan fingerprint density at radius 3 is 2.53 bits per heavy atom. The first kappa shape index (κ1) is 14.4. The van der Waals surface area contributed by atoms with Crippen molar-refractivity contribution < 1.29 is 8.42 Å². The third-order valence-corrected chi connectivity index (χ3v) is 3.43. The maximum absolute atomic E-state index is 11.3. The predicted molar refractivity (Wildman–Crippen MR) is 62.5 cm³/mol. The maximum atomic E-state index is 11.3. The zero-order valence-corrected chi connectivity index (χ0v) is 10.1. The molecule has 4 N–H and O–H groups in total. The first-order valence-electron chi connectivity index (χ1n) is 5.28. The first-order chi connectivity index (χ1) is 6.98. The van der Waals surface area contributed by atoms with Crippen molar-refractivity contribution in [2.24, 2.45) is 5.73 Å². The molecule has 5 nitrogen and oxygen atoms in total. The standard InChI is InChI=1S/C9H21N3O2S/c1-2-3-8-15(13,14)12-7-5-4-6-9(10)11/h12H,2-8H2,1H3,(H3,10,11). The molecular formula is C9H21N3O2S. The fourth-order valence-electron chi connectivity index (χ4n) is 1.07. The number of nitrogens with one attached hydrogen (secondary N) is 2. The number of nitrogens with two attached hydrogens (primary N) is 1. The van der Waals surface area contributed by atoms with E-state index in [1.165, 1.54) is 0 Å². The molecule has 0 amide bonds. The van der Waals surface area contributed by atoms with Crippen LogP contribution in [0, 0.1) is 5.41 Å². The fourth-order valence-corrected chi connectivity index (χ4v) is 2.34. The monoisotopic (exact) mass is 235 g/mol. The van der Waals surface area contributed by atoms with Gasteiger partial charge in [-0.25, -0.2) is 13.1 Å². The second-order valence-electron chi connectivity index (χ2n) is 3.55. The third kappa shape index (κ3) is 9.68. The van der Waals surface area contributed by atoms with Crippen molar-refractivity contribution in [2.75, 3.05) is 12.3 Å². The van der Waals surface area contributed by atoms with Gasteiger partial charge in [-0.15, -0.1) is 0 Å². The van der Waals surface area contributed by atoms with Crippen molar-refractivity contribution in [3.05, 3.63) is 0 Å². The van der Waals surface area contributed by atoms with Gasteiger partial charge in [0.05, 0.1) is 11.6 Å². The number of rotatable bonds is 9. The number of hydrogen-bond donors (Lipinski definition) is 3. The molecule has 15 heavy (non-hydrogen) atoms. The molecule has 0 rings (SSSR count). The van der Waals surface area contributed by atoms with Crippen LogP contribution in [-0.2, 0) is 10.0 Å². The molecule has 90 valence electrons. The highest BCUT2D eigenvalue weighted by atomic mass is 32.2. The van der Waals surface area contributed by atoms with Crippen LogP contribution in [0.25, 0.3) is 0 Å². The normalized spacial score (nSPS) is 11.5. The summed E-state index contributed by atoms with van der Waals surface area (Å²) < 4.78 is 25.1. The zero-order chi connectivity index (χ0) is 11.7. The van der Waals surface area contributed by atoms with Gasteiger partial charge >= 0.3 is 0 Å². The van der Waals surface area contributed by atoms with E-state index >= 15 is 0 Å². The van der Waals surface area contributed by atoms with Gasteiger partial charge in [0.25, 0.3) is 0 Å². The minimum atomic E-state index is -3.08. The van der Waals surface area contributed by atoms with Gasteiger partial charge in [-0.2, -0.15) is 0 Å². The SMILES string of the molecule is CCCCS(=O)(=O)NCCCCC(=N)N. The molecule has 0 aliphatic heterocycles. The molecule has 0 aromatic rings. The average Bonchev–Trinajstić information content (AvgIpc) is 2.14. The lowest BCUT2D eigenvalue weighted by Gasteiger charge is -2.05. The second kappa shape index (κ2) is 7.64. The van der Waals surface area contributed by atoms with Crippen LogP contribution in [0.5, 0.6) is 0 Å². The minimum absolute atomic E-state index is 0.156. The van der Waals surface area contributed by atoms with E-state index in [4.69, 9.17) is 11.1 Å². The van der Waals surface area contributed by atoms with Crippen LogP contribution in [-0.4, -0.2) is 26.6 Å². The van der Waals surface area contributed by atoms with E-state index in [-0.39, 0.29) is 11.6 Å². The number of hydrogen-bond acceptors (Lipinski definition) is 3. The van der Waals surface area contributed by atoms with E-state index in [1.54, 1.807) is 0 Å². The Labute approximate surface area is 92.0 Å². The lowest BCUT2D eigenvalue weighted by molar-refractivity contribution is 0.574. The number of amidine groups is 1. The van der Waals surface area contributed by atoms with Gasteiger partial charge in [0.1, 0.15) is 0 Å². The van der Waals surface area contributed by atoms with Crippen molar-refractivity contribution in [1.29, 1.82) is 5.41 Å². The van der Waals surface area contributed by atoms with Gasteiger partial charge < -0.3 is 5.73 Å². The molecule has 0 radical (unpaired) electrons. The van der Waals surface area contributed by atoms with E-state index in [1.807, 2.05) is 6.92 Å². The number of sulfonamides is 1. The molecule has 0 fully saturated rings. The molecule has 0 saturated carbocycles. The predicted octanol–water partition coefficient (Wildman–Crippen LogP) is 0.812. The second-order valence-corrected chi connectivity index (χ2v) is 5.48. The topological polar surface area (TPSA) is 96.0 Å². The Hall–Kier alpha value is -0.620. The Morgan fingerprint density at radius 1 is 1.33 bits per heavy atom. The van der Waals surface area contributed by atoms with Gasteiger partial charge in [-0.1, -0.05) is 13.3 Å². The molecule has 0 bridgehead atoms. The Bertz CT molecular complexity index is 275. The molecule has 6 heteroatoms. The number of unbranched alkanes of at least 4 members (excludes halogenated alkanes) is 2. The van der Waals surface area contributed by atoms with Crippen LogP contribution in [0.1, 0.15) is 39.0 Å². The van der Waals surface area contributed by atoms with Gasteiger partial charge in [-0.3, -0.25) is 5.41 Å². The highest BCUT2D eigenvalue weighted by Crippen LogP contribution is 1.96. The maximum Gasteiger partial charge on any atom is 0.211 e. The fraction of sp³-hybridized carbons (Fsp3) is 0.889.